The van der Waals surface area contributed by atoms with Gasteiger partial charge in [-0.3, -0.25) is 4.79 Å². The Morgan fingerprint density at radius 3 is 2.71 bits per heavy atom. The van der Waals surface area contributed by atoms with Crippen molar-refractivity contribution in [3.05, 3.63) is 58.6 Å². The van der Waals surface area contributed by atoms with Crippen molar-refractivity contribution in [2.24, 2.45) is 0 Å². The summed E-state index contributed by atoms with van der Waals surface area (Å²) in [4.78, 5) is 13.9. The van der Waals surface area contributed by atoms with Gasteiger partial charge in [0, 0.05) is 5.56 Å². The van der Waals surface area contributed by atoms with Crippen LogP contribution in [-0.2, 0) is 0 Å². The lowest BCUT2D eigenvalue weighted by Gasteiger charge is -2.21. The highest BCUT2D eigenvalue weighted by Gasteiger charge is 2.23. The Morgan fingerprint density at radius 2 is 2.00 bits per heavy atom. The molecule has 5 nitrogen and oxygen atoms in total. The summed E-state index contributed by atoms with van der Waals surface area (Å²) < 4.78 is 10.6. The smallest absolute Gasteiger partial charge is 0.252 e. The standard InChI is InChI=1S/C18H19ClN2O3/c1-21(2)10-15(12-6-4-3-5-7-12)20-18(22)13-8-14(19)17-16(9-13)23-11-24-17/h3-9,15H,10-11H2,1-2H3,(H,20,22)/p+1/t15-/m0/s1. The molecule has 0 unspecified atom stereocenters. The Balaban J connectivity index is 1.82. The highest BCUT2D eigenvalue weighted by molar-refractivity contribution is 6.32. The van der Waals surface area contributed by atoms with Crippen molar-refractivity contribution in [3.63, 3.8) is 0 Å². The van der Waals surface area contributed by atoms with E-state index in [1.807, 2.05) is 30.3 Å². The summed E-state index contributed by atoms with van der Waals surface area (Å²) in [7, 11) is 4.11. The van der Waals surface area contributed by atoms with Crippen LogP contribution in [0, 0.1) is 0 Å². The number of nitrogens with one attached hydrogen (secondary N) is 2. The summed E-state index contributed by atoms with van der Waals surface area (Å²) in [6.45, 7) is 0.894. The van der Waals surface area contributed by atoms with Gasteiger partial charge in [0.2, 0.25) is 6.79 Å². The number of amides is 1. The first-order valence-electron chi connectivity index (χ1n) is 7.78. The molecule has 6 heteroatoms. The van der Waals surface area contributed by atoms with E-state index in [-0.39, 0.29) is 18.7 Å². The van der Waals surface area contributed by atoms with E-state index in [0.29, 0.717) is 22.1 Å². The molecule has 0 bridgehead atoms. The number of carbonyl (C=O) groups is 1. The normalized spacial score (nSPS) is 13.8. The third-order valence-electron chi connectivity index (χ3n) is 3.81. The Morgan fingerprint density at radius 1 is 1.25 bits per heavy atom. The van der Waals surface area contributed by atoms with Crippen LogP contribution in [0.15, 0.2) is 42.5 Å². The molecule has 3 rings (SSSR count). The van der Waals surface area contributed by atoms with Crippen LogP contribution in [0.5, 0.6) is 11.5 Å². The van der Waals surface area contributed by atoms with Crippen LogP contribution in [-0.4, -0.2) is 33.3 Å². The van der Waals surface area contributed by atoms with E-state index in [0.717, 1.165) is 12.1 Å². The molecule has 126 valence electrons. The van der Waals surface area contributed by atoms with E-state index in [9.17, 15) is 4.79 Å². The van der Waals surface area contributed by atoms with Crippen LogP contribution in [0.25, 0.3) is 0 Å². The quantitative estimate of drug-likeness (QED) is 0.865. The van der Waals surface area contributed by atoms with Gasteiger partial charge in [-0.2, -0.15) is 0 Å². The number of carbonyl (C=O) groups excluding carboxylic acids is 1. The zero-order chi connectivity index (χ0) is 17.1. The maximum absolute atomic E-state index is 12.7. The molecule has 1 amide bonds. The molecular weight excluding hydrogens is 328 g/mol. The molecule has 0 fully saturated rings. The predicted molar refractivity (Wildman–Crippen MR) is 91.9 cm³/mol. The molecular formula is C18H20ClN2O3+. The first kappa shape index (κ1) is 16.6. The van der Waals surface area contributed by atoms with Crippen LogP contribution >= 0.6 is 11.6 Å². The molecule has 0 radical (unpaired) electrons. The summed E-state index contributed by atoms with van der Waals surface area (Å²) in [6, 6.07) is 13.1. The number of rotatable bonds is 5. The van der Waals surface area contributed by atoms with Gasteiger partial charge in [0.15, 0.2) is 11.5 Å². The van der Waals surface area contributed by atoms with Gasteiger partial charge in [-0.25, -0.2) is 0 Å². The predicted octanol–water partition coefficient (Wildman–Crippen LogP) is 1.68. The number of halogens is 1. The maximum Gasteiger partial charge on any atom is 0.252 e. The third kappa shape index (κ3) is 3.63. The molecule has 2 aromatic carbocycles. The zero-order valence-corrected chi connectivity index (χ0v) is 14.4. The number of ether oxygens (including phenoxy) is 2. The summed E-state index contributed by atoms with van der Waals surface area (Å²) in [5, 5.41) is 3.46. The third-order valence-corrected chi connectivity index (χ3v) is 4.09. The van der Waals surface area contributed by atoms with Crippen molar-refractivity contribution in [2.45, 2.75) is 6.04 Å². The van der Waals surface area contributed by atoms with E-state index in [1.54, 1.807) is 12.1 Å². The zero-order valence-electron chi connectivity index (χ0n) is 13.6. The van der Waals surface area contributed by atoms with Crippen molar-refractivity contribution in [1.29, 1.82) is 0 Å². The lowest BCUT2D eigenvalue weighted by Crippen LogP contribution is -3.06. The first-order valence-corrected chi connectivity index (χ1v) is 8.16. The molecule has 0 aromatic heterocycles. The molecule has 0 spiro atoms. The second-order valence-corrected chi connectivity index (χ2v) is 6.45. The fraction of sp³-hybridized carbons (Fsp3) is 0.278. The number of benzene rings is 2. The van der Waals surface area contributed by atoms with Gasteiger partial charge in [-0.05, 0) is 17.7 Å². The van der Waals surface area contributed by atoms with E-state index in [4.69, 9.17) is 21.1 Å². The summed E-state index contributed by atoms with van der Waals surface area (Å²) in [5.41, 5.74) is 1.53. The van der Waals surface area contributed by atoms with Crippen molar-refractivity contribution < 1.29 is 19.2 Å². The molecule has 1 aliphatic heterocycles. The number of hydrogen-bond acceptors (Lipinski definition) is 3. The molecule has 1 aliphatic rings. The summed E-state index contributed by atoms with van der Waals surface area (Å²) in [5.74, 6) is 0.804. The van der Waals surface area contributed by atoms with Crippen LogP contribution in [0.2, 0.25) is 5.02 Å². The highest BCUT2D eigenvalue weighted by Crippen LogP contribution is 2.39. The Kier molecular flexibility index (Phi) is 4.92. The number of fused-ring (bicyclic) bond motifs is 1. The number of likely N-dealkylation sites (N-methyl/N-ethyl adjacent to an activating group) is 1. The monoisotopic (exact) mass is 347 g/mol. The molecule has 24 heavy (non-hydrogen) atoms. The van der Waals surface area contributed by atoms with E-state index in [2.05, 4.69) is 19.4 Å². The minimum Gasteiger partial charge on any atom is -0.454 e. The van der Waals surface area contributed by atoms with Crippen LogP contribution in [0.1, 0.15) is 22.0 Å². The second-order valence-electron chi connectivity index (χ2n) is 6.04. The Labute approximate surface area is 146 Å². The topological polar surface area (TPSA) is 52.0 Å². The van der Waals surface area contributed by atoms with Crippen molar-refractivity contribution in [1.82, 2.24) is 5.32 Å². The van der Waals surface area contributed by atoms with Crippen molar-refractivity contribution >= 4 is 17.5 Å². The molecule has 0 aliphatic carbocycles. The van der Waals surface area contributed by atoms with E-state index < -0.39 is 0 Å². The SMILES string of the molecule is C[NH+](C)C[C@H](NC(=O)c1cc(Cl)c2c(c1)OCO2)c1ccccc1. The van der Waals surface area contributed by atoms with Gasteiger partial charge in [0.05, 0.1) is 19.1 Å². The van der Waals surface area contributed by atoms with E-state index in [1.165, 1.54) is 4.90 Å². The number of hydrogen-bond donors (Lipinski definition) is 2. The average molecular weight is 348 g/mol. The van der Waals surface area contributed by atoms with Gasteiger partial charge in [-0.1, -0.05) is 41.9 Å². The van der Waals surface area contributed by atoms with Crippen molar-refractivity contribution in [2.75, 3.05) is 27.4 Å². The molecule has 1 heterocycles. The summed E-state index contributed by atoms with van der Waals surface area (Å²) >= 11 is 6.17. The van der Waals surface area contributed by atoms with Crippen LogP contribution in [0.3, 0.4) is 0 Å². The average Bonchev–Trinajstić information content (AvgIpc) is 3.03. The van der Waals surface area contributed by atoms with Gasteiger partial charge >= 0.3 is 0 Å². The Bertz CT molecular complexity index is 735. The first-order chi connectivity index (χ1) is 11.5. The lowest BCUT2D eigenvalue weighted by atomic mass is 10.1. The largest absolute Gasteiger partial charge is 0.454 e. The fourth-order valence-corrected chi connectivity index (χ4v) is 2.95. The fourth-order valence-electron chi connectivity index (χ4n) is 2.69. The van der Waals surface area contributed by atoms with Gasteiger partial charge in [0.25, 0.3) is 5.91 Å². The minimum absolute atomic E-state index is 0.0899. The molecule has 2 N–H and O–H groups in total. The van der Waals surface area contributed by atoms with Crippen LogP contribution in [0.4, 0.5) is 0 Å². The minimum atomic E-state index is -0.190. The molecule has 2 aromatic rings. The Hall–Kier alpha value is -2.24. The molecule has 1 atom stereocenters. The highest BCUT2D eigenvalue weighted by atomic mass is 35.5. The van der Waals surface area contributed by atoms with Crippen LogP contribution < -0.4 is 19.7 Å². The van der Waals surface area contributed by atoms with Crippen molar-refractivity contribution in [3.8, 4) is 11.5 Å². The van der Waals surface area contributed by atoms with Gasteiger partial charge in [0.1, 0.15) is 12.6 Å². The number of quaternary nitrogens is 1. The molecule has 0 saturated heterocycles. The maximum atomic E-state index is 12.7. The second kappa shape index (κ2) is 7.11. The van der Waals surface area contributed by atoms with Gasteiger partial charge < -0.3 is 19.7 Å². The van der Waals surface area contributed by atoms with E-state index >= 15 is 0 Å². The van der Waals surface area contributed by atoms with Gasteiger partial charge in [-0.15, -0.1) is 0 Å². The lowest BCUT2D eigenvalue weighted by molar-refractivity contribution is -0.860. The molecule has 0 saturated carbocycles. The summed E-state index contributed by atoms with van der Waals surface area (Å²) in [6.07, 6.45) is 0.